The molecule has 0 spiro atoms. The fraction of sp³-hybridized carbons (Fsp3) is 0.462. The molecule has 0 bridgehead atoms. The van der Waals surface area contributed by atoms with Crippen LogP contribution in [0.3, 0.4) is 0 Å². The zero-order chi connectivity index (χ0) is 13.0. The van der Waals surface area contributed by atoms with Gasteiger partial charge in [-0.1, -0.05) is 0 Å². The van der Waals surface area contributed by atoms with E-state index in [9.17, 15) is 4.79 Å². The number of rotatable bonds is 4. The number of ether oxygens (including phenoxy) is 2. The Hall–Kier alpha value is -1.91. The van der Waals surface area contributed by atoms with Crippen molar-refractivity contribution < 1.29 is 14.3 Å². The molecule has 1 amide bonds. The van der Waals surface area contributed by atoms with Crippen LogP contribution in [0.15, 0.2) is 18.2 Å². The summed E-state index contributed by atoms with van der Waals surface area (Å²) in [7, 11) is 1.56. The number of nitrogens with two attached hydrogens (primary N) is 1. The molecular weight excluding hydrogens is 232 g/mol. The molecule has 1 aromatic carbocycles. The Balaban J connectivity index is 1.96. The predicted octanol–water partition coefficient (Wildman–Crippen LogP) is 1.28. The molecule has 5 nitrogen and oxygen atoms in total. The van der Waals surface area contributed by atoms with Crippen molar-refractivity contribution in [2.45, 2.75) is 12.8 Å². The Morgan fingerprint density at radius 3 is 2.72 bits per heavy atom. The minimum Gasteiger partial charge on any atom is -0.493 e. The third-order valence-electron chi connectivity index (χ3n) is 3.00. The molecule has 5 heteroatoms. The summed E-state index contributed by atoms with van der Waals surface area (Å²) >= 11 is 0. The van der Waals surface area contributed by atoms with Crippen LogP contribution in [0.25, 0.3) is 0 Å². The van der Waals surface area contributed by atoms with Crippen molar-refractivity contribution >= 4 is 11.6 Å². The minimum absolute atomic E-state index is 0.0111. The normalized spacial score (nSPS) is 14.6. The van der Waals surface area contributed by atoms with Crippen molar-refractivity contribution in [3.63, 3.8) is 0 Å². The van der Waals surface area contributed by atoms with E-state index in [-0.39, 0.29) is 12.5 Å². The average Bonchev–Trinajstić information content (AvgIpc) is 2.90. The van der Waals surface area contributed by atoms with Crippen LogP contribution in [0, 0.1) is 0 Å². The summed E-state index contributed by atoms with van der Waals surface area (Å²) in [4.78, 5) is 13.7. The maximum absolute atomic E-state index is 11.8. The van der Waals surface area contributed by atoms with E-state index in [1.165, 1.54) is 0 Å². The second-order valence-electron chi connectivity index (χ2n) is 4.29. The van der Waals surface area contributed by atoms with Crippen LogP contribution in [0.5, 0.6) is 11.5 Å². The molecule has 2 N–H and O–H groups in total. The largest absolute Gasteiger partial charge is 0.493 e. The highest BCUT2D eigenvalue weighted by Gasteiger charge is 2.18. The number of likely N-dealkylation sites (tertiary alicyclic amines) is 1. The lowest BCUT2D eigenvalue weighted by atomic mass is 10.3. The highest BCUT2D eigenvalue weighted by molar-refractivity contribution is 5.78. The van der Waals surface area contributed by atoms with Gasteiger partial charge in [0.2, 0.25) is 0 Å². The van der Waals surface area contributed by atoms with Crippen molar-refractivity contribution in [3.8, 4) is 11.5 Å². The molecule has 1 aliphatic heterocycles. The SMILES string of the molecule is COc1ccc(N)cc1OCC(=O)N1CCCC1. The topological polar surface area (TPSA) is 64.8 Å². The number of hydrogen-bond donors (Lipinski definition) is 1. The quantitative estimate of drug-likeness (QED) is 0.817. The van der Waals surface area contributed by atoms with Gasteiger partial charge in [-0.15, -0.1) is 0 Å². The number of benzene rings is 1. The van der Waals surface area contributed by atoms with E-state index in [0.29, 0.717) is 17.2 Å². The van der Waals surface area contributed by atoms with Crippen LogP contribution in [0.4, 0.5) is 5.69 Å². The van der Waals surface area contributed by atoms with Gasteiger partial charge in [0.05, 0.1) is 7.11 Å². The van der Waals surface area contributed by atoms with Gasteiger partial charge in [0.25, 0.3) is 5.91 Å². The molecule has 0 saturated carbocycles. The van der Waals surface area contributed by atoms with Crippen molar-refractivity contribution in [2.24, 2.45) is 0 Å². The Labute approximate surface area is 106 Å². The van der Waals surface area contributed by atoms with Crippen LogP contribution in [-0.4, -0.2) is 37.6 Å². The summed E-state index contributed by atoms with van der Waals surface area (Å²) in [5, 5.41) is 0. The third kappa shape index (κ3) is 2.85. The highest BCUT2D eigenvalue weighted by atomic mass is 16.5. The number of amides is 1. The smallest absolute Gasteiger partial charge is 0.260 e. The molecule has 1 fully saturated rings. The predicted molar refractivity (Wildman–Crippen MR) is 68.7 cm³/mol. The van der Waals surface area contributed by atoms with Gasteiger partial charge in [-0.2, -0.15) is 0 Å². The summed E-state index contributed by atoms with van der Waals surface area (Å²) in [5.41, 5.74) is 6.26. The van der Waals surface area contributed by atoms with Gasteiger partial charge in [0, 0.05) is 24.8 Å². The molecule has 1 saturated heterocycles. The van der Waals surface area contributed by atoms with Crippen molar-refractivity contribution in [1.82, 2.24) is 4.90 Å². The Morgan fingerprint density at radius 2 is 2.06 bits per heavy atom. The zero-order valence-electron chi connectivity index (χ0n) is 10.5. The number of nitrogens with zero attached hydrogens (tertiary/aromatic N) is 1. The van der Waals surface area contributed by atoms with E-state index >= 15 is 0 Å². The molecule has 2 rings (SSSR count). The Morgan fingerprint density at radius 1 is 1.33 bits per heavy atom. The van der Waals surface area contributed by atoms with Crippen LogP contribution in [0.1, 0.15) is 12.8 Å². The molecule has 0 aliphatic carbocycles. The lowest BCUT2D eigenvalue weighted by molar-refractivity contribution is -0.132. The summed E-state index contributed by atoms with van der Waals surface area (Å²) in [5.74, 6) is 1.10. The highest BCUT2D eigenvalue weighted by Crippen LogP contribution is 2.29. The number of anilines is 1. The Kier molecular flexibility index (Phi) is 3.92. The zero-order valence-corrected chi connectivity index (χ0v) is 10.5. The van der Waals surface area contributed by atoms with E-state index in [1.54, 1.807) is 25.3 Å². The van der Waals surface area contributed by atoms with Gasteiger partial charge >= 0.3 is 0 Å². The standard InChI is InChI=1S/C13H18N2O3/c1-17-11-5-4-10(14)8-12(11)18-9-13(16)15-6-2-3-7-15/h4-5,8H,2-3,6-7,9,14H2,1H3. The monoisotopic (exact) mass is 250 g/mol. The van der Waals surface area contributed by atoms with E-state index in [1.807, 2.05) is 4.90 Å². The molecule has 18 heavy (non-hydrogen) atoms. The van der Waals surface area contributed by atoms with E-state index in [0.717, 1.165) is 25.9 Å². The molecule has 1 aromatic rings. The second-order valence-corrected chi connectivity index (χ2v) is 4.29. The van der Waals surface area contributed by atoms with Gasteiger partial charge in [-0.05, 0) is 25.0 Å². The number of carbonyl (C=O) groups excluding carboxylic acids is 1. The average molecular weight is 250 g/mol. The molecule has 0 aromatic heterocycles. The molecule has 0 radical (unpaired) electrons. The van der Waals surface area contributed by atoms with Gasteiger partial charge in [0.1, 0.15) is 0 Å². The summed E-state index contributed by atoms with van der Waals surface area (Å²) in [6, 6.07) is 5.12. The van der Waals surface area contributed by atoms with Gasteiger partial charge in [-0.25, -0.2) is 0 Å². The number of methoxy groups -OCH3 is 1. The Bertz CT molecular complexity index is 428. The van der Waals surface area contributed by atoms with E-state index < -0.39 is 0 Å². The summed E-state index contributed by atoms with van der Waals surface area (Å²) in [6.07, 6.45) is 2.15. The number of nitrogen functional groups attached to an aromatic ring is 1. The first-order valence-corrected chi connectivity index (χ1v) is 6.05. The summed E-state index contributed by atoms with van der Waals surface area (Å²) in [6.45, 7) is 1.69. The maximum Gasteiger partial charge on any atom is 0.260 e. The lowest BCUT2D eigenvalue weighted by Gasteiger charge is -2.16. The first-order valence-electron chi connectivity index (χ1n) is 6.05. The third-order valence-corrected chi connectivity index (χ3v) is 3.00. The fourth-order valence-electron chi connectivity index (χ4n) is 2.00. The van der Waals surface area contributed by atoms with Crippen molar-refractivity contribution in [3.05, 3.63) is 18.2 Å². The van der Waals surface area contributed by atoms with Crippen molar-refractivity contribution in [1.29, 1.82) is 0 Å². The van der Waals surface area contributed by atoms with Crippen LogP contribution in [0.2, 0.25) is 0 Å². The van der Waals surface area contributed by atoms with Gasteiger partial charge < -0.3 is 20.1 Å². The molecular formula is C13H18N2O3. The number of hydrogen-bond acceptors (Lipinski definition) is 4. The molecule has 1 aliphatic rings. The van der Waals surface area contributed by atoms with Crippen LogP contribution in [-0.2, 0) is 4.79 Å². The van der Waals surface area contributed by atoms with E-state index in [4.69, 9.17) is 15.2 Å². The number of carbonyl (C=O) groups is 1. The molecule has 0 atom stereocenters. The summed E-state index contributed by atoms with van der Waals surface area (Å²) < 4.78 is 10.6. The molecule has 98 valence electrons. The minimum atomic E-state index is 0.0111. The lowest BCUT2D eigenvalue weighted by Crippen LogP contribution is -2.32. The second kappa shape index (κ2) is 5.62. The maximum atomic E-state index is 11.8. The van der Waals surface area contributed by atoms with Crippen molar-refractivity contribution in [2.75, 3.05) is 32.5 Å². The molecule has 1 heterocycles. The van der Waals surface area contributed by atoms with E-state index in [2.05, 4.69) is 0 Å². The van der Waals surface area contributed by atoms with Gasteiger partial charge in [-0.3, -0.25) is 4.79 Å². The van der Waals surface area contributed by atoms with Gasteiger partial charge in [0.15, 0.2) is 18.1 Å². The first-order chi connectivity index (χ1) is 8.70. The van der Waals surface area contributed by atoms with Crippen LogP contribution >= 0.6 is 0 Å². The molecule has 0 unspecified atom stereocenters. The fourth-order valence-corrected chi connectivity index (χ4v) is 2.00. The van der Waals surface area contributed by atoms with Crippen LogP contribution < -0.4 is 15.2 Å². The first kappa shape index (κ1) is 12.5.